The highest BCUT2D eigenvalue weighted by Crippen LogP contribution is 2.63. The molecular formula is C20H26O3. The number of hydrogen-bond donors (Lipinski definition) is 1. The van der Waals surface area contributed by atoms with Crippen molar-refractivity contribution in [1.82, 2.24) is 0 Å². The first-order valence-electron chi connectivity index (χ1n) is 9.06. The molecule has 0 aromatic rings. The van der Waals surface area contributed by atoms with Crippen LogP contribution in [0.25, 0.3) is 0 Å². The summed E-state index contributed by atoms with van der Waals surface area (Å²) in [7, 11) is 0. The lowest BCUT2D eigenvalue weighted by Gasteiger charge is -2.51. The monoisotopic (exact) mass is 314 g/mol. The minimum atomic E-state index is -1.13. The first-order chi connectivity index (χ1) is 10.9. The van der Waals surface area contributed by atoms with E-state index in [-0.39, 0.29) is 17.0 Å². The van der Waals surface area contributed by atoms with Gasteiger partial charge in [-0.1, -0.05) is 12.5 Å². The molecule has 124 valence electrons. The van der Waals surface area contributed by atoms with Crippen LogP contribution in [0.1, 0.15) is 65.2 Å². The molecule has 0 bridgehead atoms. The molecule has 23 heavy (non-hydrogen) atoms. The zero-order valence-electron chi connectivity index (χ0n) is 14.2. The fourth-order valence-electron chi connectivity index (χ4n) is 6.13. The van der Waals surface area contributed by atoms with E-state index in [0.29, 0.717) is 24.7 Å². The van der Waals surface area contributed by atoms with Crippen molar-refractivity contribution in [3.63, 3.8) is 0 Å². The van der Waals surface area contributed by atoms with Gasteiger partial charge in [0.1, 0.15) is 5.60 Å². The van der Waals surface area contributed by atoms with Crippen LogP contribution < -0.4 is 0 Å². The van der Waals surface area contributed by atoms with Gasteiger partial charge in [-0.05, 0) is 80.9 Å². The van der Waals surface area contributed by atoms with Crippen LogP contribution in [0.15, 0.2) is 22.8 Å². The van der Waals surface area contributed by atoms with Crippen molar-refractivity contribution in [2.24, 2.45) is 17.3 Å². The molecule has 1 N–H and O–H groups in total. The van der Waals surface area contributed by atoms with Crippen LogP contribution in [0.2, 0.25) is 0 Å². The number of Topliss-reactive ketones (excluding diaryl/α,β-unsaturated/α-hetero) is 1. The van der Waals surface area contributed by atoms with Crippen LogP contribution in [0.3, 0.4) is 0 Å². The Morgan fingerprint density at radius 2 is 1.96 bits per heavy atom. The quantitative estimate of drug-likeness (QED) is 0.806. The molecule has 3 nitrogen and oxygen atoms in total. The normalized spacial score (nSPS) is 42.7. The van der Waals surface area contributed by atoms with Crippen LogP contribution in [0.5, 0.6) is 0 Å². The van der Waals surface area contributed by atoms with Gasteiger partial charge in [-0.3, -0.25) is 9.59 Å². The molecule has 0 aromatic heterocycles. The maximum absolute atomic E-state index is 12.1. The molecule has 3 heteroatoms. The molecule has 0 heterocycles. The van der Waals surface area contributed by atoms with Crippen LogP contribution in [0.4, 0.5) is 0 Å². The fourth-order valence-corrected chi connectivity index (χ4v) is 6.13. The van der Waals surface area contributed by atoms with E-state index in [1.807, 2.05) is 6.08 Å². The highest BCUT2D eigenvalue weighted by atomic mass is 16.3. The average molecular weight is 314 g/mol. The van der Waals surface area contributed by atoms with Gasteiger partial charge in [-0.15, -0.1) is 0 Å². The number of fused-ring (bicyclic) bond motifs is 4. The molecule has 4 rings (SSSR count). The summed E-state index contributed by atoms with van der Waals surface area (Å²) in [5, 5.41) is 11.1. The van der Waals surface area contributed by atoms with E-state index in [0.717, 1.165) is 38.5 Å². The highest BCUT2D eigenvalue weighted by Gasteiger charge is 2.62. The Morgan fingerprint density at radius 1 is 1.17 bits per heavy atom. The third-order valence-corrected chi connectivity index (χ3v) is 7.47. The maximum atomic E-state index is 12.1. The van der Waals surface area contributed by atoms with E-state index >= 15 is 0 Å². The first-order valence-corrected chi connectivity index (χ1v) is 9.06. The van der Waals surface area contributed by atoms with Crippen molar-refractivity contribution in [2.45, 2.75) is 70.8 Å². The van der Waals surface area contributed by atoms with Gasteiger partial charge in [-0.25, -0.2) is 0 Å². The summed E-state index contributed by atoms with van der Waals surface area (Å²) in [6.45, 7) is 3.69. The number of carbonyl (C=O) groups excluding carboxylic acids is 2. The first kappa shape index (κ1) is 15.3. The van der Waals surface area contributed by atoms with E-state index in [2.05, 4.69) is 6.92 Å². The summed E-state index contributed by atoms with van der Waals surface area (Å²) < 4.78 is 0. The molecule has 0 radical (unpaired) electrons. The number of allylic oxidation sites excluding steroid dienone is 4. The maximum Gasteiger partial charge on any atom is 0.161 e. The second-order valence-electron chi connectivity index (χ2n) is 8.26. The molecular weight excluding hydrogens is 288 g/mol. The second kappa shape index (κ2) is 4.89. The fraction of sp³-hybridized carbons (Fsp3) is 0.700. The number of aliphatic hydroxyl groups is 1. The molecule has 0 saturated heterocycles. The minimum Gasteiger partial charge on any atom is -0.382 e. The SMILES string of the molecule is CC(=O)[C@@]1(O)CCC2C3CCC4=CC(=O)CCC4=C3CCC21C. The summed E-state index contributed by atoms with van der Waals surface area (Å²) in [4.78, 5) is 23.8. The Labute approximate surface area is 137 Å². The van der Waals surface area contributed by atoms with Gasteiger partial charge in [-0.2, -0.15) is 0 Å². The Balaban J connectivity index is 1.74. The van der Waals surface area contributed by atoms with Crippen molar-refractivity contribution < 1.29 is 14.7 Å². The molecule has 0 amide bonds. The molecule has 4 aliphatic rings. The van der Waals surface area contributed by atoms with Crippen LogP contribution in [-0.4, -0.2) is 22.3 Å². The highest BCUT2D eigenvalue weighted by molar-refractivity contribution is 5.93. The summed E-state index contributed by atoms with van der Waals surface area (Å²) in [5.41, 5.74) is 2.86. The summed E-state index contributed by atoms with van der Waals surface area (Å²) in [6, 6.07) is 0. The molecule has 4 aliphatic carbocycles. The van der Waals surface area contributed by atoms with E-state index in [1.54, 1.807) is 12.5 Å². The van der Waals surface area contributed by atoms with Crippen molar-refractivity contribution >= 4 is 11.6 Å². The van der Waals surface area contributed by atoms with E-state index in [1.165, 1.54) is 11.1 Å². The molecule has 2 fully saturated rings. The number of ketones is 2. The topological polar surface area (TPSA) is 54.4 Å². The van der Waals surface area contributed by atoms with E-state index in [9.17, 15) is 14.7 Å². The third-order valence-electron chi connectivity index (χ3n) is 7.47. The zero-order chi connectivity index (χ0) is 16.4. The lowest BCUT2D eigenvalue weighted by Crippen LogP contribution is -2.53. The Kier molecular flexibility index (Phi) is 3.26. The predicted molar refractivity (Wildman–Crippen MR) is 87.8 cm³/mol. The smallest absolute Gasteiger partial charge is 0.161 e. The second-order valence-corrected chi connectivity index (χ2v) is 8.26. The molecule has 0 aromatic carbocycles. The Hall–Kier alpha value is -1.22. The Morgan fingerprint density at radius 3 is 2.70 bits per heavy atom. The Bertz CT molecular complexity index is 656. The van der Waals surface area contributed by atoms with Gasteiger partial charge in [0.2, 0.25) is 0 Å². The van der Waals surface area contributed by atoms with E-state index in [4.69, 9.17) is 0 Å². The largest absolute Gasteiger partial charge is 0.382 e. The van der Waals surface area contributed by atoms with Crippen molar-refractivity contribution in [3.8, 4) is 0 Å². The summed E-state index contributed by atoms with van der Waals surface area (Å²) in [6.07, 6.45) is 8.92. The van der Waals surface area contributed by atoms with Crippen LogP contribution in [0, 0.1) is 17.3 Å². The molecule has 4 atom stereocenters. The average Bonchev–Trinajstić information content (AvgIpc) is 2.80. The molecule has 0 spiro atoms. The predicted octanol–water partition coefficient (Wildman–Crippen LogP) is 3.51. The van der Waals surface area contributed by atoms with Gasteiger partial charge in [0.25, 0.3) is 0 Å². The lowest BCUT2D eigenvalue weighted by atomic mass is 9.54. The van der Waals surface area contributed by atoms with Gasteiger partial charge in [0.15, 0.2) is 11.6 Å². The third kappa shape index (κ3) is 1.92. The number of hydrogen-bond acceptors (Lipinski definition) is 3. The van der Waals surface area contributed by atoms with Crippen LogP contribution in [-0.2, 0) is 9.59 Å². The number of carbonyl (C=O) groups is 2. The van der Waals surface area contributed by atoms with Crippen molar-refractivity contribution in [3.05, 3.63) is 22.8 Å². The minimum absolute atomic E-state index is 0.0572. The number of rotatable bonds is 1. The molecule has 2 saturated carbocycles. The van der Waals surface area contributed by atoms with E-state index < -0.39 is 5.60 Å². The van der Waals surface area contributed by atoms with Gasteiger partial charge in [0, 0.05) is 11.8 Å². The lowest BCUT2D eigenvalue weighted by molar-refractivity contribution is -0.152. The molecule has 0 aliphatic heterocycles. The summed E-state index contributed by atoms with van der Waals surface area (Å²) in [5.74, 6) is 1.13. The zero-order valence-corrected chi connectivity index (χ0v) is 14.2. The van der Waals surface area contributed by atoms with Crippen molar-refractivity contribution in [2.75, 3.05) is 0 Å². The summed E-state index contributed by atoms with van der Waals surface area (Å²) >= 11 is 0. The van der Waals surface area contributed by atoms with Gasteiger partial charge >= 0.3 is 0 Å². The molecule has 3 unspecified atom stereocenters. The standard InChI is InChI=1S/C20H26O3/c1-12(21)20(23)10-8-18-17-5-3-13-11-14(22)4-6-15(13)16(17)7-9-19(18,20)2/h11,17-18,23H,3-10H2,1-2H3/t17?,18?,19?,20-/m0/s1. The van der Waals surface area contributed by atoms with Crippen molar-refractivity contribution in [1.29, 1.82) is 0 Å². The van der Waals surface area contributed by atoms with Gasteiger partial charge < -0.3 is 5.11 Å². The van der Waals surface area contributed by atoms with Gasteiger partial charge in [0.05, 0.1) is 0 Å². The van der Waals surface area contributed by atoms with Crippen LogP contribution >= 0.6 is 0 Å².